The fourth-order valence-corrected chi connectivity index (χ4v) is 1.97. The molecule has 0 aromatic carbocycles. The lowest BCUT2D eigenvalue weighted by molar-refractivity contribution is 0.112. The van der Waals surface area contributed by atoms with E-state index in [1.54, 1.807) is 0 Å². The quantitative estimate of drug-likeness (QED) is 0.835. The van der Waals surface area contributed by atoms with Gasteiger partial charge in [0.25, 0.3) is 0 Å². The van der Waals surface area contributed by atoms with Gasteiger partial charge in [0.2, 0.25) is 0 Å². The second kappa shape index (κ2) is 4.22. The summed E-state index contributed by atoms with van der Waals surface area (Å²) in [7, 11) is 0. The smallest absolute Gasteiger partial charge is 0.153 e. The van der Waals surface area contributed by atoms with Gasteiger partial charge in [-0.05, 0) is 6.42 Å². The van der Waals surface area contributed by atoms with Crippen molar-refractivity contribution >= 4 is 28.9 Å². The van der Waals surface area contributed by atoms with Gasteiger partial charge in [-0.15, -0.1) is 0 Å². The largest absolute Gasteiger partial charge is 0.330 e. The second-order valence-electron chi connectivity index (χ2n) is 3.49. The normalized spacial score (nSPS) is 10.9. The summed E-state index contributed by atoms with van der Waals surface area (Å²) < 4.78 is 0. The molecule has 0 aliphatic carbocycles. The molecule has 0 saturated carbocycles. The molecule has 2 aromatic heterocycles. The van der Waals surface area contributed by atoms with Crippen LogP contribution in [-0.4, -0.2) is 21.2 Å². The van der Waals surface area contributed by atoms with Gasteiger partial charge in [-0.2, -0.15) is 0 Å². The molecule has 0 fully saturated rings. The summed E-state index contributed by atoms with van der Waals surface area (Å²) >= 11 is 5.94. The number of nitrogens with zero attached hydrogens (tertiary/aromatic N) is 2. The summed E-state index contributed by atoms with van der Waals surface area (Å²) in [4.78, 5) is 22.6. The molecule has 0 amide bonds. The Bertz CT molecular complexity index is 548. The van der Waals surface area contributed by atoms with Crippen LogP contribution in [0.1, 0.15) is 35.7 Å². The number of nitrogens with one attached hydrogen (secondary N) is 1. The summed E-state index contributed by atoms with van der Waals surface area (Å²) in [6, 6.07) is 0. The third kappa shape index (κ3) is 1.59. The van der Waals surface area contributed by atoms with Gasteiger partial charge in [0, 0.05) is 6.42 Å². The fraction of sp³-hybridized carbons (Fsp3) is 0.364. The van der Waals surface area contributed by atoms with Gasteiger partial charge in [-0.3, -0.25) is 4.79 Å². The topological polar surface area (TPSA) is 58.6 Å². The first kappa shape index (κ1) is 11.1. The van der Waals surface area contributed by atoms with Crippen molar-refractivity contribution in [1.82, 2.24) is 15.0 Å². The van der Waals surface area contributed by atoms with Gasteiger partial charge in [0.1, 0.15) is 16.6 Å². The minimum atomic E-state index is 0.335. The van der Waals surface area contributed by atoms with Crippen molar-refractivity contribution in [2.24, 2.45) is 0 Å². The van der Waals surface area contributed by atoms with Gasteiger partial charge in [0.15, 0.2) is 6.29 Å². The summed E-state index contributed by atoms with van der Waals surface area (Å²) in [5.41, 5.74) is 1.97. The predicted molar refractivity (Wildman–Crippen MR) is 63.0 cm³/mol. The van der Waals surface area contributed by atoms with Crippen LogP contribution in [0, 0.1) is 0 Å². The maximum atomic E-state index is 11.0. The van der Waals surface area contributed by atoms with Gasteiger partial charge in [0.05, 0.1) is 16.6 Å². The van der Waals surface area contributed by atoms with Crippen LogP contribution in [0.5, 0.6) is 0 Å². The van der Waals surface area contributed by atoms with Crippen LogP contribution >= 0.6 is 11.6 Å². The van der Waals surface area contributed by atoms with Crippen LogP contribution in [0.2, 0.25) is 5.15 Å². The number of aldehydes is 1. The predicted octanol–water partition coefficient (Wildman–Crippen LogP) is 2.55. The van der Waals surface area contributed by atoms with Crippen molar-refractivity contribution in [3.8, 4) is 0 Å². The van der Waals surface area contributed by atoms with Crippen molar-refractivity contribution in [3.63, 3.8) is 0 Å². The van der Waals surface area contributed by atoms with Crippen molar-refractivity contribution in [2.45, 2.75) is 26.7 Å². The maximum absolute atomic E-state index is 11.0. The first-order valence-electron chi connectivity index (χ1n) is 5.23. The number of aromatic nitrogens is 3. The monoisotopic (exact) mass is 237 g/mol. The van der Waals surface area contributed by atoms with E-state index in [4.69, 9.17) is 11.6 Å². The minimum absolute atomic E-state index is 0.335. The van der Waals surface area contributed by atoms with E-state index in [-0.39, 0.29) is 0 Å². The van der Waals surface area contributed by atoms with Gasteiger partial charge in [-0.1, -0.05) is 25.4 Å². The molecule has 4 nitrogen and oxygen atoms in total. The number of hydrogen-bond donors (Lipinski definition) is 1. The number of carbonyl (C=O) groups excluding carboxylic acids is 1. The van der Waals surface area contributed by atoms with Crippen LogP contribution in [0.4, 0.5) is 0 Å². The molecule has 16 heavy (non-hydrogen) atoms. The third-order valence-corrected chi connectivity index (χ3v) is 2.83. The number of hydrogen-bond acceptors (Lipinski definition) is 3. The Balaban J connectivity index is 2.84. The van der Waals surface area contributed by atoms with E-state index in [0.29, 0.717) is 16.4 Å². The SMILES string of the molecule is CCc1nc(CC)c2c(C=O)c(Cl)[nH]c2n1. The molecule has 1 N–H and O–H groups in total. The summed E-state index contributed by atoms with van der Waals surface area (Å²) in [6.45, 7) is 3.99. The fourth-order valence-electron chi connectivity index (χ4n) is 1.74. The molecule has 0 unspecified atom stereocenters. The lowest BCUT2D eigenvalue weighted by Gasteiger charge is -2.02. The minimum Gasteiger partial charge on any atom is -0.330 e. The number of halogens is 1. The number of H-pyrrole nitrogens is 1. The molecule has 0 radical (unpaired) electrons. The zero-order valence-corrected chi connectivity index (χ0v) is 9.93. The number of carbonyl (C=O) groups is 1. The zero-order valence-electron chi connectivity index (χ0n) is 9.17. The molecule has 0 bridgehead atoms. The highest BCUT2D eigenvalue weighted by molar-refractivity contribution is 6.33. The van der Waals surface area contributed by atoms with Crippen LogP contribution in [0.15, 0.2) is 0 Å². The highest BCUT2D eigenvalue weighted by atomic mass is 35.5. The van der Waals surface area contributed by atoms with Crippen molar-refractivity contribution in [2.75, 3.05) is 0 Å². The van der Waals surface area contributed by atoms with Gasteiger partial charge >= 0.3 is 0 Å². The molecule has 0 saturated heterocycles. The van der Waals surface area contributed by atoms with Crippen LogP contribution in [0.25, 0.3) is 11.0 Å². The second-order valence-corrected chi connectivity index (χ2v) is 3.87. The average Bonchev–Trinajstić information content (AvgIpc) is 2.62. The Kier molecular flexibility index (Phi) is 2.92. The number of aromatic amines is 1. The van der Waals surface area contributed by atoms with Crippen LogP contribution in [-0.2, 0) is 12.8 Å². The molecule has 2 heterocycles. The zero-order chi connectivity index (χ0) is 11.7. The highest BCUT2D eigenvalue weighted by Gasteiger charge is 2.15. The van der Waals surface area contributed by atoms with E-state index in [0.717, 1.165) is 36.0 Å². The Morgan fingerprint density at radius 3 is 2.62 bits per heavy atom. The van der Waals surface area contributed by atoms with E-state index < -0.39 is 0 Å². The van der Waals surface area contributed by atoms with Gasteiger partial charge in [-0.25, -0.2) is 9.97 Å². The van der Waals surface area contributed by atoms with Crippen molar-refractivity contribution in [3.05, 3.63) is 22.2 Å². The van der Waals surface area contributed by atoms with E-state index in [9.17, 15) is 4.79 Å². The Labute approximate surface area is 98.1 Å². The highest BCUT2D eigenvalue weighted by Crippen LogP contribution is 2.26. The molecule has 2 aromatic rings. The van der Waals surface area contributed by atoms with Crippen molar-refractivity contribution in [1.29, 1.82) is 0 Å². The van der Waals surface area contributed by atoms with Crippen LogP contribution < -0.4 is 0 Å². The molecule has 0 aliphatic heterocycles. The van der Waals surface area contributed by atoms with Gasteiger partial charge < -0.3 is 4.98 Å². The van der Waals surface area contributed by atoms with E-state index >= 15 is 0 Å². The molecular formula is C11H12ClN3O. The molecule has 0 aliphatic rings. The molecular weight excluding hydrogens is 226 g/mol. The molecule has 5 heteroatoms. The van der Waals surface area contributed by atoms with E-state index in [1.165, 1.54) is 0 Å². The Morgan fingerprint density at radius 1 is 1.31 bits per heavy atom. The summed E-state index contributed by atoms with van der Waals surface area (Å²) in [5, 5.41) is 1.09. The molecule has 2 rings (SSSR count). The van der Waals surface area contributed by atoms with Crippen LogP contribution in [0.3, 0.4) is 0 Å². The Morgan fingerprint density at radius 2 is 2.06 bits per heavy atom. The first-order chi connectivity index (χ1) is 7.71. The van der Waals surface area contributed by atoms with E-state index in [2.05, 4.69) is 15.0 Å². The lowest BCUT2D eigenvalue weighted by atomic mass is 10.1. The standard InChI is InChI=1S/C11H12ClN3O/c1-3-7-9-6(5-16)10(12)15-11(9)14-8(4-2)13-7/h5H,3-4H2,1-2H3,(H,13,14,15). The molecule has 84 valence electrons. The number of aryl methyl sites for hydroxylation is 2. The summed E-state index contributed by atoms with van der Waals surface area (Å²) in [6.07, 6.45) is 2.26. The van der Waals surface area contributed by atoms with Crippen molar-refractivity contribution < 1.29 is 4.79 Å². The number of rotatable bonds is 3. The molecule has 0 atom stereocenters. The maximum Gasteiger partial charge on any atom is 0.153 e. The lowest BCUT2D eigenvalue weighted by Crippen LogP contribution is -1.99. The average molecular weight is 238 g/mol. The number of fused-ring (bicyclic) bond motifs is 1. The summed E-state index contributed by atoms with van der Waals surface area (Å²) in [5.74, 6) is 0.764. The van der Waals surface area contributed by atoms with E-state index in [1.807, 2.05) is 13.8 Å². The first-order valence-corrected chi connectivity index (χ1v) is 5.61. The Hall–Kier alpha value is -1.42. The molecule has 0 spiro atoms. The third-order valence-electron chi connectivity index (χ3n) is 2.53.